The lowest BCUT2D eigenvalue weighted by Gasteiger charge is -2.33. The third-order valence-corrected chi connectivity index (χ3v) is 9.17. The number of pyridine rings is 1. The predicted molar refractivity (Wildman–Crippen MR) is 115 cm³/mol. The zero-order valence-corrected chi connectivity index (χ0v) is 19.4. The zero-order chi connectivity index (χ0) is 22.6. The molecule has 3 rings (SSSR count). The van der Waals surface area contributed by atoms with Crippen LogP contribution in [0.25, 0.3) is 10.7 Å². The van der Waals surface area contributed by atoms with Crippen LogP contribution in [0.2, 0.25) is 5.02 Å². The van der Waals surface area contributed by atoms with Gasteiger partial charge in [-0.2, -0.15) is 12.7 Å². The lowest BCUT2D eigenvalue weighted by Crippen LogP contribution is -2.35. The monoisotopic (exact) mass is 472 g/mol. The summed E-state index contributed by atoms with van der Waals surface area (Å²) in [6.07, 6.45) is 1.44. The standard InChI is InChI=1S/C19H21ClN2O6S2/c1-11-8-9-12(14(20)17(11)28-30(26,27)22(4)5)18-16(23)15-13(7-6-10-21-15)19(2,3)29(18,24)25/h6-10,23H,1-5H3. The number of benzene rings is 1. The lowest BCUT2D eigenvalue weighted by molar-refractivity contribution is 0.420. The molecule has 1 aromatic carbocycles. The highest BCUT2D eigenvalue weighted by molar-refractivity contribution is 8.01. The quantitative estimate of drug-likeness (QED) is 0.726. The molecule has 1 N–H and O–H groups in total. The Morgan fingerprint density at radius 2 is 1.83 bits per heavy atom. The van der Waals surface area contributed by atoms with Crippen LogP contribution in [0.3, 0.4) is 0 Å². The smallest absolute Gasteiger partial charge is 0.384 e. The maximum atomic E-state index is 13.5. The van der Waals surface area contributed by atoms with Gasteiger partial charge in [-0.15, -0.1) is 0 Å². The summed E-state index contributed by atoms with van der Waals surface area (Å²) in [5, 5.41) is 10.6. The first kappa shape index (κ1) is 22.5. The van der Waals surface area contributed by atoms with E-state index in [1.54, 1.807) is 19.1 Å². The van der Waals surface area contributed by atoms with Gasteiger partial charge in [-0.1, -0.05) is 29.8 Å². The van der Waals surface area contributed by atoms with E-state index in [1.807, 2.05) is 0 Å². The van der Waals surface area contributed by atoms with Crippen molar-refractivity contribution in [3.8, 4) is 5.75 Å². The Hall–Kier alpha value is -2.14. The van der Waals surface area contributed by atoms with Crippen LogP contribution >= 0.6 is 11.6 Å². The van der Waals surface area contributed by atoms with Crippen LogP contribution in [0.1, 0.15) is 36.2 Å². The van der Waals surface area contributed by atoms with E-state index in [1.165, 1.54) is 46.3 Å². The number of hydrogen-bond acceptors (Lipinski definition) is 7. The number of aliphatic hydroxyl groups excluding tert-OH is 1. The highest BCUT2D eigenvalue weighted by atomic mass is 35.5. The van der Waals surface area contributed by atoms with Crippen LogP contribution in [-0.2, 0) is 24.9 Å². The van der Waals surface area contributed by atoms with Crippen LogP contribution in [0.5, 0.6) is 5.75 Å². The number of halogens is 1. The Bertz CT molecular complexity index is 1280. The van der Waals surface area contributed by atoms with Crippen molar-refractivity contribution < 1.29 is 26.1 Å². The van der Waals surface area contributed by atoms with Crippen molar-refractivity contribution in [2.75, 3.05) is 14.1 Å². The second-order valence-corrected chi connectivity index (χ2v) is 12.1. The molecule has 0 aliphatic carbocycles. The van der Waals surface area contributed by atoms with Gasteiger partial charge >= 0.3 is 10.3 Å². The molecule has 162 valence electrons. The molecule has 30 heavy (non-hydrogen) atoms. The van der Waals surface area contributed by atoms with Gasteiger partial charge in [0.15, 0.2) is 21.3 Å². The number of nitrogens with zero attached hydrogens (tertiary/aromatic N) is 2. The van der Waals surface area contributed by atoms with E-state index in [0.717, 1.165) is 4.31 Å². The van der Waals surface area contributed by atoms with E-state index in [9.17, 15) is 21.9 Å². The molecule has 0 amide bonds. The molecule has 0 spiro atoms. The van der Waals surface area contributed by atoms with Gasteiger partial charge in [-0.3, -0.25) is 4.98 Å². The summed E-state index contributed by atoms with van der Waals surface area (Å²) in [6.45, 7) is 4.58. The molecule has 8 nitrogen and oxygen atoms in total. The highest BCUT2D eigenvalue weighted by Gasteiger charge is 2.48. The number of fused-ring (bicyclic) bond motifs is 1. The summed E-state index contributed by atoms with van der Waals surface area (Å²) in [7, 11) is -5.72. The Morgan fingerprint density at radius 1 is 1.20 bits per heavy atom. The Labute approximate surface area is 180 Å². The molecule has 0 bridgehead atoms. The largest absolute Gasteiger partial charge is 0.504 e. The fourth-order valence-corrected chi connectivity index (χ4v) is 5.89. The molecule has 0 fully saturated rings. The second-order valence-electron chi connectivity index (χ2n) is 7.49. The molecule has 2 aromatic rings. The lowest BCUT2D eigenvalue weighted by atomic mass is 9.97. The second kappa shape index (κ2) is 7.23. The highest BCUT2D eigenvalue weighted by Crippen LogP contribution is 2.50. The molecule has 1 aliphatic rings. The van der Waals surface area contributed by atoms with Crippen molar-refractivity contribution in [1.29, 1.82) is 0 Å². The van der Waals surface area contributed by atoms with E-state index in [-0.39, 0.29) is 22.0 Å². The molecule has 1 aromatic heterocycles. The molecule has 0 saturated heterocycles. The SMILES string of the molecule is Cc1ccc(C2=C(O)c3ncccc3C(C)(C)S2(=O)=O)c(Cl)c1OS(=O)(=O)N(C)C. The first-order chi connectivity index (χ1) is 13.7. The van der Waals surface area contributed by atoms with Gasteiger partial charge in [0.05, 0.1) is 9.77 Å². The number of rotatable bonds is 4. The minimum atomic E-state index is -4.15. The molecule has 1 aliphatic heterocycles. The summed E-state index contributed by atoms with van der Waals surface area (Å²) < 4.78 is 55.9. The molecule has 2 heterocycles. The van der Waals surface area contributed by atoms with E-state index < -0.39 is 35.6 Å². The van der Waals surface area contributed by atoms with Gasteiger partial charge in [0, 0.05) is 31.4 Å². The van der Waals surface area contributed by atoms with Gasteiger partial charge in [0.25, 0.3) is 0 Å². The average molecular weight is 473 g/mol. The third-order valence-electron chi connectivity index (χ3n) is 5.01. The average Bonchev–Trinajstić information content (AvgIpc) is 2.65. The van der Waals surface area contributed by atoms with Gasteiger partial charge in [0.2, 0.25) is 0 Å². The fourth-order valence-electron chi connectivity index (χ4n) is 3.10. The number of hydrogen-bond donors (Lipinski definition) is 1. The van der Waals surface area contributed by atoms with Crippen molar-refractivity contribution in [3.63, 3.8) is 0 Å². The molecular weight excluding hydrogens is 452 g/mol. The van der Waals surface area contributed by atoms with Crippen LogP contribution in [0, 0.1) is 6.92 Å². The normalized spacial score (nSPS) is 17.7. The summed E-state index contributed by atoms with van der Waals surface area (Å²) in [5.74, 6) is -0.778. The van der Waals surface area contributed by atoms with Crippen LogP contribution in [0.4, 0.5) is 0 Å². The van der Waals surface area contributed by atoms with Crippen LogP contribution in [-0.4, -0.2) is 45.3 Å². The zero-order valence-electron chi connectivity index (χ0n) is 17.0. The molecule has 0 atom stereocenters. The Balaban J connectivity index is 2.35. The Kier molecular flexibility index (Phi) is 5.43. The predicted octanol–water partition coefficient (Wildman–Crippen LogP) is 3.28. The summed E-state index contributed by atoms with van der Waals surface area (Å²) in [4.78, 5) is 3.71. The first-order valence-corrected chi connectivity index (χ1v) is 12.0. The maximum absolute atomic E-state index is 13.5. The molecule has 0 saturated carbocycles. The summed E-state index contributed by atoms with van der Waals surface area (Å²) in [6, 6.07) is 6.05. The minimum absolute atomic E-state index is 0.0758. The minimum Gasteiger partial charge on any atom is -0.504 e. The number of aromatic nitrogens is 1. The van der Waals surface area contributed by atoms with Crippen molar-refractivity contribution in [1.82, 2.24) is 9.29 Å². The van der Waals surface area contributed by atoms with Crippen LogP contribution in [0.15, 0.2) is 30.5 Å². The topological polar surface area (TPSA) is 114 Å². The van der Waals surface area contributed by atoms with Gasteiger partial charge in [-0.25, -0.2) is 8.42 Å². The van der Waals surface area contributed by atoms with E-state index in [0.29, 0.717) is 11.1 Å². The summed E-state index contributed by atoms with van der Waals surface area (Å²) >= 11 is 6.43. The van der Waals surface area contributed by atoms with E-state index >= 15 is 0 Å². The van der Waals surface area contributed by atoms with Gasteiger partial charge < -0.3 is 9.29 Å². The molecule has 11 heteroatoms. The third kappa shape index (κ3) is 3.27. The molecule has 0 radical (unpaired) electrons. The first-order valence-electron chi connectivity index (χ1n) is 8.78. The van der Waals surface area contributed by atoms with Crippen molar-refractivity contribution >= 4 is 42.4 Å². The molecule has 0 unspecified atom stereocenters. The summed E-state index contributed by atoms with van der Waals surface area (Å²) in [5.41, 5.74) is 0.766. The van der Waals surface area contributed by atoms with Gasteiger partial charge in [-0.05, 0) is 32.4 Å². The fraction of sp³-hybridized carbons (Fsp3) is 0.316. The van der Waals surface area contributed by atoms with Crippen molar-refractivity contribution in [2.24, 2.45) is 0 Å². The number of aliphatic hydroxyl groups is 1. The number of sulfone groups is 1. The number of aryl methyl sites for hydroxylation is 1. The Morgan fingerprint density at radius 3 is 2.43 bits per heavy atom. The maximum Gasteiger partial charge on any atom is 0.384 e. The van der Waals surface area contributed by atoms with E-state index in [2.05, 4.69) is 4.98 Å². The van der Waals surface area contributed by atoms with Gasteiger partial charge in [0.1, 0.15) is 10.6 Å². The molecular formula is C19H21ClN2O6S2. The van der Waals surface area contributed by atoms with E-state index in [4.69, 9.17) is 15.8 Å². The van der Waals surface area contributed by atoms with Crippen molar-refractivity contribution in [3.05, 3.63) is 57.9 Å². The van der Waals surface area contributed by atoms with Crippen molar-refractivity contribution in [2.45, 2.75) is 25.5 Å². The van der Waals surface area contributed by atoms with Crippen LogP contribution < -0.4 is 4.18 Å².